The summed E-state index contributed by atoms with van der Waals surface area (Å²) in [7, 11) is 0. The van der Waals surface area contributed by atoms with Crippen LogP contribution in [0.4, 0.5) is 34.1 Å². The van der Waals surface area contributed by atoms with Crippen molar-refractivity contribution in [3.8, 4) is 22.3 Å². The lowest BCUT2D eigenvalue weighted by Crippen LogP contribution is -2.61. The van der Waals surface area contributed by atoms with E-state index in [9.17, 15) is 0 Å². The largest absolute Gasteiger partial charge is 0.311 e. The summed E-state index contributed by atoms with van der Waals surface area (Å²) in [6.07, 6.45) is 0. The molecule has 2 aliphatic heterocycles. The number of nitrogens with zero attached hydrogens (tertiary/aromatic N) is 2. The van der Waals surface area contributed by atoms with Gasteiger partial charge in [0.25, 0.3) is 6.71 Å². The third-order valence-electron chi connectivity index (χ3n) is 16.6. The molecular weight excluding hydrogens is 892 g/mol. The highest BCUT2D eigenvalue weighted by molar-refractivity contribution is 7.00. The van der Waals surface area contributed by atoms with Gasteiger partial charge >= 0.3 is 0 Å². The Balaban J connectivity index is 1.09. The first kappa shape index (κ1) is 47.6. The van der Waals surface area contributed by atoms with E-state index in [0.717, 1.165) is 5.69 Å². The van der Waals surface area contributed by atoms with Crippen LogP contribution >= 0.6 is 0 Å². The zero-order chi connectivity index (χ0) is 51.7. The van der Waals surface area contributed by atoms with Gasteiger partial charge in [-0.1, -0.05) is 235 Å². The molecule has 12 rings (SSSR count). The van der Waals surface area contributed by atoms with E-state index in [1.807, 2.05) is 0 Å². The van der Waals surface area contributed by atoms with Gasteiger partial charge in [0.05, 0.1) is 5.41 Å². The van der Waals surface area contributed by atoms with E-state index in [1.165, 1.54) is 112 Å². The molecular formula is C71H69BN2. The summed E-state index contributed by atoms with van der Waals surface area (Å²) >= 11 is 0. The van der Waals surface area contributed by atoms with Crippen molar-refractivity contribution in [2.75, 3.05) is 9.80 Å². The van der Waals surface area contributed by atoms with Crippen molar-refractivity contribution < 1.29 is 0 Å². The first-order chi connectivity index (χ1) is 35.2. The Morgan fingerprint density at radius 1 is 0.338 bits per heavy atom. The molecule has 0 saturated carbocycles. The third-order valence-corrected chi connectivity index (χ3v) is 16.6. The van der Waals surface area contributed by atoms with Crippen LogP contribution in [-0.4, -0.2) is 6.71 Å². The molecule has 0 amide bonds. The minimum atomic E-state index is -0.462. The second-order valence-corrected chi connectivity index (χ2v) is 25.4. The van der Waals surface area contributed by atoms with Gasteiger partial charge in [0.1, 0.15) is 0 Å². The molecule has 1 aliphatic carbocycles. The lowest BCUT2D eigenvalue weighted by molar-refractivity contribution is 0.589. The van der Waals surface area contributed by atoms with Gasteiger partial charge in [0, 0.05) is 34.1 Å². The summed E-state index contributed by atoms with van der Waals surface area (Å²) < 4.78 is 0. The minimum absolute atomic E-state index is 0.0192. The molecule has 0 atom stereocenters. The van der Waals surface area contributed by atoms with Crippen LogP contribution in [0.15, 0.2) is 200 Å². The molecule has 0 spiro atoms. The normalized spacial score (nSPS) is 14.5. The standard InChI is InChI=1S/C71H69BN2/c1-67(2,3)47-32-38-54(39-33-47)74-62-41-35-51(69(7,8)9)43-60(62)72-59-42-50(68(4,5)6)34-40-61(59)73(63-44-52(70(10,11)12)45-64(74)66(63)72)53-36-30-46(31-37-53)55-27-21-29-58-65(55)56-26-19-20-28-57(56)71(58,48-22-15-13-16-23-48)49-24-17-14-18-25-49/h13-45H,1-12H3. The van der Waals surface area contributed by atoms with E-state index in [-0.39, 0.29) is 28.4 Å². The minimum Gasteiger partial charge on any atom is -0.311 e. The maximum Gasteiger partial charge on any atom is 0.252 e. The smallest absolute Gasteiger partial charge is 0.252 e. The number of hydrogen-bond donors (Lipinski definition) is 0. The lowest BCUT2D eigenvalue weighted by Gasteiger charge is -2.45. The van der Waals surface area contributed by atoms with E-state index in [1.54, 1.807) is 0 Å². The molecule has 0 aromatic heterocycles. The summed E-state index contributed by atoms with van der Waals surface area (Å²) in [6.45, 7) is 28.1. The predicted molar refractivity (Wildman–Crippen MR) is 318 cm³/mol. The summed E-state index contributed by atoms with van der Waals surface area (Å²) in [6, 6.07) is 77.0. The highest BCUT2D eigenvalue weighted by atomic mass is 15.2. The summed E-state index contributed by atoms with van der Waals surface area (Å²) in [5.41, 5.74) is 26.4. The van der Waals surface area contributed by atoms with Crippen LogP contribution in [0.25, 0.3) is 22.3 Å². The first-order valence-corrected chi connectivity index (χ1v) is 26.9. The fourth-order valence-electron chi connectivity index (χ4n) is 12.6. The number of hydrogen-bond acceptors (Lipinski definition) is 2. The van der Waals surface area contributed by atoms with Crippen LogP contribution < -0.4 is 26.2 Å². The zero-order valence-corrected chi connectivity index (χ0v) is 45.5. The van der Waals surface area contributed by atoms with Crippen molar-refractivity contribution in [3.05, 3.63) is 245 Å². The molecule has 0 radical (unpaired) electrons. The Morgan fingerprint density at radius 3 is 1.24 bits per heavy atom. The van der Waals surface area contributed by atoms with Crippen LogP contribution in [-0.2, 0) is 27.1 Å². The molecule has 0 fully saturated rings. The predicted octanol–water partition coefficient (Wildman–Crippen LogP) is 17.0. The average Bonchev–Trinajstić information content (AvgIpc) is 3.73. The Labute approximate surface area is 441 Å². The molecule has 0 bridgehead atoms. The van der Waals surface area contributed by atoms with Crippen molar-refractivity contribution in [1.82, 2.24) is 0 Å². The zero-order valence-electron chi connectivity index (χ0n) is 45.5. The van der Waals surface area contributed by atoms with Crippen molar-refractivity contribution in [1.29, 1.82) is 0 Å². The van der Waals surface area contributed by atoms with E-state index in [2.05, 4.69) is 293 Å². The summed E-state index contributed by atoms with van der Waals surface area (Å²) in [5.74, 6) is 0. The molecule has 9 aromatic rings. The molecule has 0 unspecified atom stereocenters. The molecule has 3 aliphatic rings. The fraction of sp³-hybridized carbons (Fsp3) is 0.239. The van der Waals surface area contributed by atoms with Gasteiger partial charge < -0.3 is 9.80 Å². The molecule has 2 heterocycles. The highest BCUT2D eigenvalue weighted by Gasteiger charge is 2.48. The van der Waals surface area contributed by atoms with Gasteiger partial charge in [-0.25, -0.2) is 0 Å². The van der Waals surface area contributed by atoms with Crippen molar-refractivity contribution in [2.24, 2.45) is 0 Å². The third kappa shape index (κ3) is 7.44. The van der Waals surface area contributed by atoms with Crippen molar-refractivity contribution in [3.63, 3.8) is 0 Å². The molecule has 9 aromatic carbocycles. The Hall–Kier alpha value is -7.36. The van der Waals surface area contributed by atoms with E-state index < -0.39 is 5.41 Å². The van der Waals surface area contributed by atoms with Crippen LogP contribution in [0.2, 0.25) is 0 Å². The SMILES string of the molecule is CC(C)(C)c1ccc(N2c3ccc(C(C)(C)C)cc3B3c4cc(C(C)(C)C)ccc4N(c4ccc(-c5cccc6c5-c5ccccc5C6(c5ccccc5)c5ccccc5)cc4)c4cc(C(C)(C)C)cc2c43)cc1. The highest BCUT2D eigenvalue weighted by Crippen LogP contribution is 2.58. The van der Waals surface area contributed by atoms with E-state index >= 15 is 0 Å². The molecule has 366 valence electrons. The van der Waals surface area contributed by atoms with Gasteiger partial charge in [-0.3, -0.25) is 0 Å². The number of rotatable bonds is 5. The van der Waals surface area contributed by atoms with Gasteiger partial charge in [0.2, 0.25) is 0 Å². The molecule has 2 nitrogen and oxygen atoms in total. The van der Waals surface area contributed by atoms with Gasteiger partial charge in [-0.05, 0) is 153 Å². The summed E-state index contributed by atoms with van der Waals surface area (Å²) in [5, 5.41) is 0. The number of fused-ring (bicyclic) bond motifs is 7. The van der Waals surface area contributed by atoms with Gasteiger partial charge in [0.15, 0.2) is 0 Å². The average molecular weight is 961 g/mol. The van der Waals surface area contributed by atoms with Crippen LogP contribution in [0.5, 0.6) is 0 Å². The topological polar surface area (TPSA) is 6.48 Å². The van der Waals surface area contributed by atoms with Crippen LogP contribution in [0.3, 0.4) is 0 Å². The lowest BCUT2D eigenvalue weighted by atomic mass is 9.33. The maximum absolute atomic E-state index is 2.59. The second-order valence-electron chi connectivity index (χ2n) is 25.4. The Morgan fingerprint density at radius 2 is 0.757 bits per heavy atom. The molecule has 0 saturated heterocycles. The van der Waals surface area contributed by atoms with E-state index in [4.69, 9.17) is 0 Å². The number of anilines is 6. The van der Waals surface area contributed by atoms with E-state index in [0.29, 0.717) is 0 Å². The number of benzene rings is 9. The van der Waals surface area contributed by atoms with Crippen LogP contribution in [0, 0.1) is 0 Å². The molecule has 0 N–H and O–H groups in total. The van der Waals surface area contributed by atoms with Gasteiger partial charge in [-0.2, -0.15) is 0 Å². The fourth-order valence-corrected chi connectivity index (χ4v) is 12.6. The summed E-state index contributed by atoms with van der Waals surface area (Å²) in [4.78, 5) is 5.17. The maximum atomic E-state index is 2.59. The molecule has 3 heteroatoms. The van der Waals surface area contributed by atoms with Crippen molar-refractivity contribution >= 4 is 57.2 Å². The van der Waals surface area contributed by atoms with Crippen molar-refractivity contribution in [2.45, 2.75) is 110 Å². The van der Waals surface area contributed by atoms with Crippen LogP contribution in [0.1, 0.15) is 128 Å². The Bertz CT molecular complexity index is 3590. The van der Waals surface area contributed by atoms with Gasteiger partial charge in [-0.15, -0.1) is 0 Å². The monoisotopic (exact) mass is 961 g/mol. The molecule has 74 heavy (non-hydrogen) atoms. The second kappa shape index (κ2) is 16.8. The quantitative estimate of drug-likeness (QED) is 0.159. The Kier molecular flexibility index (Phi) is 10.8. The first-order valence-electron chi connectivity index (χ1n) is 26.9.